The third kappa shape index (κ3) is 2.61. The number of amides is 1. The molecule has 0 saturated carbocycles. The number of benzene rings is 1. The molecule has 1 aromatic rings. The van der Waals surface area contributed by atoms with Gasteiger partial charge in [-0.25, -0.2) is 0 Å². The second-order valence-corrected chi connectivity index (χ2v) is 4.35. The average molecular weight is 218 g/mol. The molecule has 2 rings (SSSR count). The molecule has 0 spiro atoms. The number of rotatable bonds is 4. The maximum absolute atomic E-state index is 11.8. The van der Waals surface area contributed by atoms with Crippen molar-refractivity contribution in [2.75, 3.05) is 26.7 Å². The van der Waals surface area contributed by atoms with Crippen LogP contribution >= 0.6 is 0 Å². The first kappa shape index (κ1) is 11.1. The molecule has 3 heteroatoms. The van der Waals surface area contributed by atoms with Crippen molar-refractivity contribution in [3.63, 3.8) is 0 Å². The Morgan fingerprint density at radius 2 is 2.06 bits per heavy atom. The first-order chi connectivity index (χ1) is 7.77. The summed E-state index contributed by atoms with van der Waals surface area (Å²) in [6, 6.07) is 10.3. The fraction of sp³-hybridized carbons (Fsp3) is 0.462. The standard InChI is InChI=1S/C13H18N2O/c1-15(13(16)12-9-14-10-12)8-7-11-5-3-2-4-6-11/h2-6,12,14H,7-10H2,1H3. The van der Waals surface area contributed by atoms with Gasteiger partial charge in [-0.3, -0.25) is 4.79 Å². The van der Waals surface area contributed by atoms with Crippen LogP contribution in [-0.2, 0) is 11.2 Å². The van der Waals surface area contributed by atoms with Crippen LogP contribution in [-0.4, -0.2) is 37.5 Å². The van der Waals surface area contributed by atoms with Crippen molar-refractivity contribution in [2.45, 2.75) is 6.42 Å². The van der Waals surface area contributed by atoms with Crippen molar-refractivity contribution in [1.82, 2.24) is 10.2 Å². The van der Waals surface area contributed by atoms with Gasteiger partial charge in [0.15, 0.2) is 0 Å². The molecule has 1 amide bonds. The highest BCUT2D eigenvalue weighted by Gasteiger charge is 2.27. The molecule has 1 aromatic carbocycles. The zero-order valence-electron chi connectivity index (χ0n) is 9.65. The van der Waals surface area contributed by atoms with Gasteiger partial charge in [0.1, 0.15) is 0 Å². The molecule has 0 aliphatic carbocycles. The lowest BCUT2D eigenvalue weighted by molar-refractivity contribution is -0.135. The van der Waals surface area contributed by atoms with Gasteiger partial charge < -0.3 is 10.2 Å². The van der Waals surface area contributed by atoms with Crippen molar-refractivity contribution in [3.05, 3.63) is 35.9 Å². The van der Waals surface area contributed by atoms with Crippen LogP contribution in [0.3, 0.4) is 0 Å². The van der Waals surface area contributed by atoms with E-state index in [9.17, 15) is 4.79 Å². The molecular weight excluding hydrogens is 200 g/mol. The maximum atomic E-state index is 11.8. The number of carbonyl (C=O) groups is 1. The fourth-order valence-corrected chi connectivity index (χ4v) is 1.83. The summed E-state index contributed by atoms with van der Waals surface area (Å²) >= 11 is 0. The van der Waals surface area contributed by atoms with Gasteiger partial charge in [-0.1, -0.05) is 30.3 Å². The Hall–Kier alpha value is -1.35. The number of nitrogens with zero attached hydrogens (tertiary/aromatic N) is 1. The van der Waals surface area contributed by atoms with Gasteiger partial charge in [0.05, 0.1) is 5.92 Å². The minimum absolute atomic E-state index is 0.209. The van der Waals surface area contributed by atoms with Crippen molar-refractivity contribution in [2.24, 2.45) is 5.92 Å². The van der Waals surface area contributed by atoms with Gasteiger partial charge in [-0.2, -0.15) is 0 Å². The SMILES string of the molecule is CN(CCc1ccccc1)C(=O)C1CNC1. The summed E-state index contributed by atoms with van der Waals surface area (Å²) in [5.41, 5.74) is 1.29. The highest BCUT2D eigenvalue weighted by molar-refractivity contribution is 5.79. The Morgan fingerprint density at radius 3 is 2.62 bits per heavy atom. The Kier molecular flexibility index (Phi) is 3.57. The van der Waals surface area contributed by atoms with Gasteiger partial charge in [0.25, 0.3) is 0 Å². The Labute approximate surface area is 96.5 Å². The quantitative estimate of drug-likeness (QED) is 0.814. The van der Waals surface area contributed by atoms with E-state index in [1.165, 1.54) is 5.56 Å². The van der Waals surface area contributed by atoms with E-state index < -0.39 is 0 Å². The average Bonchev–Trinajstić information content (AvgIpc) is 2.25. The number of nitrogens with one attached hydrogen (secondary N) is 1. The predicted molar refractivity (Wildman–Crippen MR) is 64.1 cm³/mol. The van der Waals surface area contributed by atoms with E-state index in [0.717, 1.165) is 26.1 Å². The van der Waals surface area contributed by atoms with Crippen LogP contribution in [0.4, 0.5) is 0 Å². The van der Waals surface area contributed by atoms with Gasteiger partial charge in [0, 0.05) is 26.7 Å². The smallest absolute Gasteiger partial charge is 0.228 e. The molecular formula is C13H18N2O. The predicted octanol–water partition coefficient (Wildman–Crippen LogP) is 0.907. The molecule has 16 heavy (non-hydrogen) atoms. The molecule has 86 valence electrons. The summed E-state index contributed by atoms with van der Waals surface area (Å²) in [6.07, 6.45) is 0.934. The second kappa shape index (κ2) is 5.12. The van der Waals surface area contributed by atoms with Crippen molar-refractivity contribution < 1.29 is 4.79 Å². The number of likely N-dealkylation sites (N-methyl/N-ethyl adjacent to an activating group) is 1. The summed E-state index contributed by atoms with van der Waals surface area (Å²) in [6.45, 7) is 2.49. The topological polar surface area (TPSA) is 32.3 Å². The maximum Gasteiger partial charge on any atom is 0.228 e. The first-order valence-corrected chi connectivity index (χ1v) is 5.77. The zero-order chi connectivity index (χ0) is 11.4. The molecule has 1 aliphatic heterocycles. The molecule has 1 heterocycles. The van der Waals surface area contributed by atoms with Crippen LogP contribution in [0.25, 0.3) is 0 Å². The zero-order valence-corrected chi connectivity index (χ0v) is 9.65. The van der Waals surface area contributed by atoms with Gasteiger partial charge in [0.2, 0.25) is 5.91 Å². The van der Waals surface area contributed by atoms with Crippen molar-refractivity contribution in [1.29, 1.82) is 0 Å². The van der Waals surface area contributed by atoms with E-state index in [-0.39, 0.29) is 11.8 Å². The summed E-state index contributed by atoms with van der Waals surface area (Å²) in [7, 11) is 1.89. The summed E-state index contributed by atoms with van der Waals surface area (Å²) in [5.74, 6) is 0.482. The van der Waals surface area contributed by atoms with Crippen LogP contribution in [0.15, 0.2) is 30.3 Å². The van der Waals surface area contributed by atoms with E-state index in [0.29, 0.717) is 0 Å². The molecule has 0 aromatic heterocycles. The molecule has 0 bridgehead atoms. The molecule has 0 unspecified atom stereocenters. The van der Waals surface area contributed by atoms with Crippen LogP contribution in [0, 0.1) is 5.92 Å². The summed E-state index contributed by atoms with van der Waals surface area (Å²) < 4.78 is 0. The van der Waals surface area contributed by atoms with E-state index in [1.807, 2.05) is 30.1 Å². The van der Waals surface area contributed by atoms with Crippen molar-refractivity contribution in [3.8, 4) is 0 Å². The van der Waals surface area contributed by atoms with Crippen molar-refractivity contribution >= 4 is 5.91 Å². The lowest BCUT2D eigenvalue weighted by Gasteiger charge is -2.30. The summed E-state index contributed by atoms with van der Waals surface area (Å²) in [4.78, 5) is 13.7. The highest BCUT2D eigenvalue weighted by atomic mass is 16.2. The van der Waals surface area contributed by atoms with E-state index >= 15 is 0 Å². The minimum Gasteiger partial charge on any atom is -0.345 e. The van der Waals surface area contributed by atoms with Gasteiger partial charge in [-0.15, -0.1) is 0 Å². The Bertz CT molecular complexity index is 346. The van der Waals surface area contributed by atoms with Gasteiger partial charge >= 0.3 is 0 Å². The molecule has 3 nitrogen and oxygen atoms in total. The monoisotopic (exact) mass is 218 g/mol. The van der Waals surface area contributed by atoms with E-state index in [4.69, 9.17) is 0 Å². The van der Waals surface area contributed by atoms with E-state index in [2.05, 4.69) is 17.4 Å². The van der Waals surface area contributed by atoms with Crippen LogP contribution in [0.2, 0.25) is 0 Å². The number of carbonyl (C=O) groups excluding carboxylic acids is 1. The molecule has 0 radical (unpaired) electrons. The minimum atomic E-state index is 0.209. The third-order valence-corrected chi connectivity index (χ3v) is 3.09. The molecule has 1 aliphatic rings. The summed E-state index contributed by atoms with van der Waals surface area (Å²) in [5, 5.41) is 3.12. The lowest BCUT2D eigenvalue weighted by atomic mass is 10.0. The van der Waals surface area contributed by atoms with Gasteiger partial charge in [-0.05, 0) is 12.0 Å². The van der Waals surface area contributed by atoms with Crippen LogP contribution < -0.4 is 5.32 Å². The third-order valence-electron chi connectivity index (χ3n) is 3.09. The molecule has 0 atom stereocenters. The molecule has 1 fully saturated rings. The number of hydrogen-bond acceptors (Lipinski definition) is 2. The first-order valence-electron chi connectivity index (χ1n) is 5.77. The largest absolute Gasteiger partial charge is 0.345 e. The normalized spacial score (nSPS) is 15.6. The molecule has 1 saturated heterocycles. The lowest BCUT2D eigenvalue weighted by Crippen LogP contribution is -2.51. The molecule has 1 N–H and O–H groups in total. The second-order valence-electron chi connectivity index (χ2n) is 4.35. The van der Waals surface area contributed by atoms with Crippen LogP contribution in [0.1, 0.15) is 5.56 Å². The fourth-order valence-electron chi connectivity index (χ4n) is 1.83. The Morgan fingerprint density at radius 1 is 1.38 bits per heavy atom. The van der Waals surface area contributed by atoms with Crippen LogP contribution in [0.5, 0.6) is 0 Å². The Balaban J connectivity index is 1.79. The highest BCUT2D eigenvalue weighted by Crippen LogP contribution is 2.08. The van der Waals surface area contributed by atoms with E-state index in [1.54, 1.807) is 0 Å². The number of hydrogen-bond donors (Lipinski definition) is 1.